The van der Waals surface area contributed by atoms with E-state index in [9.17, 15) is 18.0 Å². The van der Waals surface area contributed by atoms with E-state index in [4.69, 9.17) is 4.74 Å². The lowest BCUT2D eigenvalue weighted by Gasteiger charge is -2.38. The molecule has 2 aliphatic rings. The van der Waals surface area contributed by atoms with Gasteiger partial charge in [0.2, 0.25) is 5.91 Å². The summed E-state index contributed by atoms with van der Waals surface area (Å²) in [5.41, 5.74) is 1.68. The number of ether oxygens (including phenoxy) is 1. The number of alkyl halides is 3. The molecule has 0 N–H and O–H groups in total. The fraction of sp³-hybridized carbons (Fsp3) is 0.778. The molecule has 1 aromatic rings. The quantitative estimate of drug-likeness (QED) is 0.814. The van der Waals surface area contributed by atoms with Gasteiger partial charge < -0.3 is 9.64 Å². The maximum absolute atomic E-state index is 13.1. The highest BCUT2D eigenvalue weighted by Crippen LogP contribution is 2.34. The van der Waals surface area contributed by atoms with Crippen LogP contribution in [0, 0.1) is 19.8 Å². The predicted octanol–water partition coefficient (Wildman–Crippen LogP) is 3.54. The first-order chi connectivity index (χ1) is 12.3. The normalized spacial score (nSPS) is 22.7. The fourth-order valence-corrected chi connectivity index (χ4v) is 4.21. The molecule has 0 spiro atoms. The number of carbonyl (C=O) groups excluding carboxylic acids is 1. The van der Waals surface area contributed by atoms with Gasteiger partial charge in [0.25, 0.3) is 0 Å². The van der Waals surface area contributed by atoms with Crippen molar-refractivity contribution in [2.45, 2.75) is 64.7 Å². The van der Waals surface area contributed by atoms with Crippen LogP contribution in [0.4, 0.5) is 13.2 Å². The third-order valence-electron chi connectivity index (χ3n) is 5.47. The molecule has 0 radical (unpaired) electrons. The lowest BCUT2D eigenvalue weighted by atomic mass is 9.87. The molecule has 3 rings (SSSR count). The number of aryl methyl sites for hydroxylation is 1. The van der Waals surface area contributed by atoms with Crippen molar-refractivity contribution >= 4 is 5.91 Å². The van der Waals surface area contributed by atoms with Crippen molar-refractivity contribution in [1.29, 1.82) is 0 Å². The van der Waals surface area contributed by atoms with E-state index in [0.29, 0.717) is 36.7 Å². The Labute approximate surface area is 151 Å². The van der Waals surface area contributed by atoms with Crippen LogP contribution in [0.3, 0.4) is 0 Å². The molecule has 5 nitrogen and oxygen atoms in total. The highest BCUT2D eigenvalue weighted by molar-refractivity contribution is 5.79. The summed E-state index contributed by atoms with van der Waals surface area (Å²) in [4.78, 5) is 14.9. The van der Waals surface area contributed by atoms with Gasteiger partial charge in [-0.3, -0.25) is 9.48 Å². The molecule has 1 aliphatic carbocycles. The summed E-state index contributed by atoms with van der Waals surface area (Å²) in [7, 11) is 0. The van der Waals surface area contributed by atoms with E-state index in [1.54, 1.807) is 13.8 Å². The maximum atomic E-state index is 13.1. The van der Waals surface area contributed by atoms with Gasteiger partial charge in [-0.2, -0.15) is 18.3 Å². The van der Waals surface area contributed by atoms with Gasteiger partial charge in [0.1, 0.15) is 6.54 Å². The highest BCUT2D eigenvalue weighted by Gasteiger charge is 2.37. The maximum Gasteiger partial charge on any atom is 0.408 e. The van der Waals surface area contributed by atoms with E-state index in [0.717, 1.165) is 30.4 Å². The summed E-state index contributed by atoms with van der Waals surface area (Å²) in [6.45, 7) is 3.46. The molecule has 26 heavy (non-hydrogen) atoms. The topological polar surface area (TPSA) is 47.4 Å². The summed E-state index contributed by atoms with van der Waals surface area (Å²) in [5, 5.41) is 4.08. The van der Waals surface area contributed by atoms with E-state index in [1.807, 2.05) is 4.90 Å². The Hall–Kier alpha value is -1.57. The second-order valence-electron chi connectivity index (χ2n) is 7.31. The van der Waals surface area contributed by atoms with Crippen LogP contribution in [0.25, 0.3) is 0 Å². The van der Waals surface area contributed by atoms with E-state index >= 15 is 0 Å². The molecule has 1 atom stereocenters. The van der Waals surface area contributed by atoms with Crippen molar-refractivity contribution in [2.24, 2.45) is 5.92 Å². The van der Waals surface area contributed by atoms with Crippen molar-refractivity contribution in [3.05, 3.63) is 17.0 Å². The molecule has 0 aromatic carbocycles. The van der Waals surface area contributed by atoms with Crippen molar-refractivity contribution in [1.82, 2.24) is 14.7 Å². The number of rotatable bonds is 3. The molecule has 1 aromatic heterocycles. The van der Waals surface area contributed by atoms with Gasteiger partial charge in [0.05, 0.1) is 24.9 Å². The summed E-state index contributed by atoms with van der Waals surface area (Å²) in [6.07, 6.45) is 0.752. The standard InChI is InChI=1S/C18H26F3N3O2/c1-12-16(13(2)24(22-12)11-18(19,20)21)15-10-26-9-8-23(15)17(25)14-6-4-3-5-7-14/h14-15H,3-11H2,1-2H3. The monoisotopic (exact) mass is 373 g/mol. The smallest absolute Gasteiger partial charge is 0.377 e. The van der Waals surface area contributed by atoms with Crippen LogP contribution in [0.2, 0.25) is 0 Å². The molecule has 146 valence electrons. The Morgan fingerprint density at radius 2 is 1.92 bits per heavy atom. The number of morpholine rings is 1. The minimum Gasteiger partial charge on any atom is -0.377 e. The van der Waals surface area contributed by atoms with E-state index in [1.165, 1.54) is 6.42 Å². The molecule has 1 saturated heterocycles. The van der Waals surface area contributed by atoms with Crippen molar-refractivity contribution < 1.29 is 22.7 Å². The number of halogens is 3. The molecule has 1 aliphatic heterocycles. The minimum atomic E-state index is -4.33. The average Bonchev–Trinajstić information content (AvgIpc) is 2.87. The largest absolute Gasteiger partial charge is 0.408 e. The Morgan fingerprint density at radius 1 is 1.23 bits per heavy atom. The van der Waals surface area contributed by atoms with Gasteiger partial charge in [0.15, 0.2) is 0 Å². The van der Waals surface area contributed by atoms with Crippen LogP contribution in [-0.2, 0) is 16.1 Å². The number of carbonyl (C=O) groups is 1. The first kappa shape index (κ1) is 19.2. The summed E-state index contributed by atoms with van der Waals surface area (Å²) in [6, 6.07) is -0.361. The second kappa shape index (κ2) is 7.58. The Balaban J connectivity index is 1.87. The summed E-state index contributed by atoms with van der Waals surface area (Å²) in [5.74, 6) is 0.135. The second-order valence-corrected chi connectivity index (χ2v) is 7.31. The number of nitrogens with zero attached hydrogens (tertiary/aromatic N) is 3. The van der Waals surface area contributed by atoms with Crippen molar-refractivity contribution in [2.75, 3.05) is 19.8 Å². The van der Waals surface area contributed by atoms with Gasteiger partial charge in [-0.05, 0) is 26.7 Å². The molecular weight excluding hydrogens is 347 g/mol. The Bertz CT molecular complexity index is 651. The molecule has 1 unspecified atom stereocenters. The lowest BCUT2D eigenvalue weighted by Crippen LogP contribution is -2.46. The number of hydrogen-bond donors (Lipinski definition) is 0. The number of hydrogen-bond acceptors (Lipinski definition) is 3. The first-order valence-electron chi connectivity index (χ1n) is 9.27. The van der Waals surface area contributed by atoms with Crippen molar-refractivity contribution in [3.63, 3.8) is 0 Å². The van der Waals surface area contributed by atoms with Gasteiger partial charge >= 0.3 is 6.18 Å². The van der Waals surface area contributed by atoms with Crippen LogP contribution in [0.5, 0.6) is 0 Å². The molecular formula is C18H26F3N3O2. The molecule has 1 amide bonds. The molecule has 8 heteroatoms. The predicted molar refractivity (Wildman–Crippen MR) is 89.6 cm³/mol. The molecule has 2 heterocycles. The van der Waals surface area contributed by atoms with Crippen LogP contribution in [-0.4, -0.2) is 46.5 Å². The zero-order valence-corrected chi connectivity index (χ0v) is 15.3. The third-order valence-corrected chi connectivity index (χ3v) is 5.47. The van der Waals surface area contributed by atoms with Gasteiger partial charge in [-0.25, -0.2) is 0 Å². The Kier molecular flexibility index (Phi) is 5.60. The van der Waals surface area contributed by atoms with Gasteiger partial charge in [0, 0.05) is 23.7 Å². The van der Waals surface area contributed by atoms with Gasteiger partial charge in [-0.1, -0.05) is 19.3 Å². The van der Waals surface area contributed by atoms with Gasteiger partial charge in [-0.15, -0.1) is 0 Å². The third kappa shape index (κ3) is 4.05. The van der Waals surface area contributed by atoms with E-state index in [-0.39, 0.29) is 17.9 Å². The zero-order chi connectivity index (χ0) is 18.9. The number of amides is 1. The van der Waals surface area contributed by atoms with Crippen molar-refractivity contribution in [3.8, 4) is 0 Å². The first-order valence-corrected chi connectivity index (χ1v) is 9.27. The van der Waals surface area contributed by atoms with E-state index < -0.39 is 12.7 Å². The Morgan fingerprint density at radius 3 is 2.58 bits per heavy atom. The summed E-state index contributed by atoms with van der Waals surface area (Å²) < 4.78 is 45.0. The molecule has 2 fully saturated rings. The minimum absolute atomic E-state index is 0.0233. The average molecular weight is 373 g/mol. The highest BCUT2D eigenvalue weighted by atomic mass is 19.4. The summed E-state index contributed by atoms with van der Waals surface area (Å²) >= 11 is 0. The molecule has 0 bridgehead atoms. The van der Waals surface area contributed by atoms with Crippen LogP contribution in [0.15, 0.2) is 0 Å². The SMILES string of the molecule is Cc1nn(CC(F)(F)F)c(C)c1C1COCCN1C(=O)C1CCCCC1. The lowest BCUT2D eigenvalue weighted by molar-refractivity contribution is -0.146. The van der Waals surface area contributed by atoms with Crippen LogP contribution >= 0.6 is 0 Å². The number of aromatic nitrogens is 2. The van der Waals surface area contributed by atoms with Crippen LogP contribution < -0.4 is 0 Å². The van der Waals surface area contributed by atoms with E-state index in [2.05, 4.69) is 5.10 Å². The molecule has 1 saturated carbocycles. The van der Waals surface area contributed by atoms with Crippen LogP contribution in [0.1, 0.15) is 55.1 Å². The zero-order valence-electron chi connectivity index (χ0n) is 15.3. The fourth-order valence-electron chi connectivity index (χ4n) is 4.21.